The summed E-state index contributed by atoms with van der Waals surface area (Å²) < 4.78 is 48.9. The van der Waals surface area contributed by atoms with Gasteiger partial charge in [-0.15, -0.1) is 0 Å². The summed E-state index contributed by atoms with van der Waals surface area (Å²) in [5, 5.41) is 11.5. The molecule has 0 radical (unpaired) electrons. The van der Waals surface area contributed by atoms with Crippen molar-refractivity contribution >= 4 is 17.6 Å². The topological polar surface area (TPSA) is 113 Å². The van der Waals surface area contributed by atoms with Crippen molar-refractivity contribution in [2.45, 2.75) is 38.3 Å². The van der Waals surface area contributed by atoms with E-state index in [0.717, 1.165) is 6.07 Å². The van der Waals surface area contributed by atoms with Gasteiger partial charge in [-0.05, 0) is 49.6 Å². The van der Waals surface area contributed by atoms with E-state index in [1.54, 1.807) is 6.92 Å². The highest BCUT2D eigenvalue weighted by Gasteiger charge is 2.64. The third kappa shape index (κ3) is 3.36. The molecule has 1 aliphatic carbocycles. The molecule has 2 aromatic rings. The number of carbonyl (C=O) groups excluding carboxylic acids is 1. The number of ether oxygens (including phenoxy) is 1. The molecule has 0 bridgehead atoms. The van der Waals surface area contributed by atoms with Gasteiger partial charge in [0.05, 0.1) is 5.56 Å². The van der Waals surface area contributed by atoms with E-state index in [9.17, 15) is 13.6 Å². The van der Waals surface area contributed by atoms with Gasteiger partial charge in [0.25, 0.3) is 18.4 Å². The second kappa shape index (κ2) is 7.27. The molecule has 1 aromatic carbocycles. The molecular formula is C21H18F3N5O2. The number of nitrogens with zero attached hydrogens (tertiary/aromatic N) is 3. The standard InChI is InChI=1S/C21H18F3N5O2/c1-9-4-12(28-18(30)17-10(2)3-11(7-25)8-27-17)5-14(16(9)22)21(19(23)24)13-6-15(13)31-20(26)29-21/h3-5,8,13,15,19H,6H2,1-2H3,(H2,26,29)(H,28,30)/t13?,15-,21+/m1/s1. The van der Waals surface area contributed by atoms with E-state index >= 15 is 4.39 Å². The van der Waals surface area contributed by atoms with E-state index in [4.69, 9.17) is 15.7 Å². The van der Waals surface area contributed by atoms with Crippen molar-refractivity contribution in [2.24, 2.45) is 16.6 Å². The first-order chi connectivity index (χ1) is 14.7. The summed E-state index contributed by atoms with van der Waals surface area (Å²) >= 11 is 0. The molecule has 0 spiro atoms. The number of rotatable bonds is 4. The number of aromatic nitrogens is 1. The van der Waals surface area contributed by atoms with Crippen LogP contribution in [0.4, 0.5) is 18.9 Å². The maximum atomic E-state index is 15.1. The normalized spacial score (nSPS) is 24.0. The summed E-state index contributed by atoms with van der Waals surface area (Å²) in [5.41, 5.74) is 4.05. The number of fused-ring (bicyclic) bond motifs is 1. The summed E-state index contributed by atoms with van der Waals surface area (Å²) in [6, 6.07) is 5.51. The van der Waals surface area contributed by atoms with Gasteiger partial charge in [-0.3, -0.25) is 4.79 Å². The first-order valence-electron chi connectivity index (χ1n) is 9.46. The molecule has 1 unspecified atom stereocenters. The van der Waals surface area contributed by atoms with Crippen molar-refractivity contribution in [1.82, 2.24) is 4.98 Å². The first-order valence-corrected chi connectivity index (χ1v) is 9.46. The zero-order valence-corrected chi connectivity index (χ0v) is 16.6. The van der Waals surface area contributed by atoms with E-state index in [-0.39, 0.29) is 28.9 Å². The maximum Gasteiger partial charge on any atom is 0.283 e. The Balaban J connectivity index is 1.75. The number of hydrogen-bond donors (Lipinski definition) is 2. The molecule has 1 aliphatic heterocycles. The predicted molar refractivity (Wildman–Crippen MR) is 105 cm³/mol. The van der Waals surface area contributed by atoms with Crippen LogP contribution in [0.5, 0.6) is 0 Å². The largest absolute Gasteiger partial charge is 0.462 e. The van der Waals surface area contributed by atoms with E-state index in [1.165, 1.54) is 25.3 Å². The van der Waals surface area contributed by atoms with Crippen molar-refractivity contribution in [3.8, 4) is 6.07 Å². The lowest BCUT2D eigenvalue weighted by molar-refractivity contribution is 0.0176. The number of carbonyl (C=O) groups is 1. The summed E-state index contributed by atoms with van der Waals surface area (Å²) in [6.07, 6.45) is -2.05. The van der Waals surface area contributed by atoms with E-state index in [2.05, 4.69) is 15.3 Å². The van der Waals surface area contributed by atoms with Crippen LogP contribution in [0.3, 0.4) is 0 Å². The van der Waals surface area contributed by atoms with Gasteiger partial charge >= 0.3 is 0 Å². The quantitative estimate of drug-likeness (QED) is 0.775. The van der Waals surface area contributed by atoms with Crippen molar-refractivity contribution in [3.63, 3.8) is 0 Å². The number of nitrogens with one attached hydrogen (secondary N) is 1. The molecule has 160 valence electrons. The Morgan fingerprint density at radius 1 is 1.35 bits per heavy atom. The van der Waals surface area contributed by atoms with Crippen LogP contribution in [0.15, 0.2) is 29.4 Å². The number of amidine groups is 1. The van der Waals surface area contributed by atoms with Crippen molar-refractivity contribution in [1.29, 1.82) is 5.26 Å². The number of aliphatic imine (C=N–C) groups is 1. The Morgan fingerprint density at radius 2 is 2.10 bits per heavy atom. The smallest absolute Gasteiger partial charge is 0.283 e. The SMILES string of the molecule is Cc1cc(C#N)cnc1C(=O)Nc1cc(C)c(F)c([C@@]2(C(F)F)N=C(N)O[C@@H]3CC32)c1. The number of anilines is 1. The summed E-state index contributed by atoms with van der Waals surface area (Å²) in [6.45, 7) is 3.03. The highest BCUT2D eigenvalue weighted by molar-refractivity contribution is 6.04. The van der Waals surface area contributed by atoms with E-state index < -0.39 is 41.7 Å². The zero-order chi connectivity index (χ0) is 22.5. The fourth-order valence-corrected chi connectivity index (χ4v) is 4.00. The minimum absolute atomic E-state index is 0.0571. The molecule has 10 heteroatoms. The molecule has 2 aliphatic rings. The number of halogens is 3. The van der Waals surface area contributed by atoms with Crippen LogP contribution in [0.2, 0.25) is 0 Å². The number of aryl methyl sites for hydroxylation is 2. The van der Waals surface area contributed by atoms with Crippen molar-refractivity contribution in [3.05, 3.63) is 58.2 Å². The molecule has 1 fully saturated rings. The number of benzene rings is 1. The van der Waals surface area contributed by atoms with Gasteiger partial charge in [0.15, 0.2) is 5.54 Å². The monoisotopic (exact) mass is 429 g/mol. The van der Waals surface area contributed by atoms with Gasteiger partial charge in [-0.25, -0.2) is 23.1 Å². The average Bonchev–Trinajstić information content (AvgIpc) is 3.49. The molecular weight excluding hydrogens is 411 g/mol. The van der Waals surface area contributed by atoms with Crippen LogP contribution in [0, 0.1) is 36.9 Å². The third-order valence-corrected chi connectivity index (χ3v) is 5.56. The zero-order valence-electron chi connectivity index (χ0n) is 16.6. The number of pyridine rings is 1. The molecule has 3 atom stereocenters. The van der Waals surface area contributed by atoms with Crippen LogP contribution in [-0.4, -0.2) is 29.4 Å². The van der Waals surface area contributed by atoms with E-state index in [1.807, 2.05) is 6.07 Å². The van der Waals surface area contributed by atoms with E-state index in [0.29, 0.717) is 11.1 Å². The van der Waals surface area contributed by atoms with Crippen LogP contribution in [0.1, 0.15) is 39.2 Å². The third-order valence-electron chi connectivity index (χ3n) is 5.56. The molecule has 7 nitrogen and oxygen atoms in total. The van der Waals surface area contributed by atoms with Crippen LogP contribution in [0.25, 0.3) is 0 Å². The van der Waals surface area contributed by atoms with Gasteiger partial charge in [0.2, 0.25) is 0 Å². The van der Waals surface area contributed by atoms with Crippen LogP contribution < -0.4 is 11.1 Å². The second-order valence-corrected chi connectivity index (χ2v) is 7.68. The minimum atomic E-state index is -3.03. The van der Waals surface area contributed by atoms with Gasteiger partial charge in [-0.2, -0.15) is 5.26 Å². The number of hydrogen-bond acceptors (Lipinski definition) is 6. The Kier molecular flexibility index (Phi) is 4.84. The number of nitriles is 1. The maximum absolute atomic E-state index is 15.1. The fourth-order valence-electron chi connectivity index (χ4n) is 4.00. The Labute approximate surface area is 175 Å². The Hall–Kier alpha value is -3.61. The summed E-state index contributed by atoms with van der Waals surface area (Å²) in [4.78, 5) is 20.5. The molecule has 2 heterocycles. The molecule has 1 aromatic heterocycles. The number of alkyl halides is 2. The van der Waals surface area contributed by atoms with Crippen molar-refractivity contribution in [2.75, 3.05) is 5.32 Å². The number of nitrogens with two attached hydrogens (primary N) is 1. The highest BCUT2D eigenvalue weighted by atomic mass is 19.3. The molecule has 1 saturated carbocycles. The predicted octanol–water partition coefficient (Wildman–Crippen LogP) is 3.16. The minimum Gasteiger partial charge on any atom is -0.462 e. The van der Waals surface area contributed by atoms with Gasteiger partial charge in [-0.1, -0.05) is 0 Å². The molecule has 4 rings (SSSR count). The van der Waals surface area contributed by atoms with Crippen LogP contribution in [-0.2, 0) is 10.3 Å². The molecule has 1 amide bonds. The van der Waals surface area contributed by atoms with Gasteiger partial charge in [0.1, 0.15) is 23.7 Å². The fraction of sp³-hybridized carbons (Fsp3) is 0.333. The molecule has 0 saturated heterocycles. The summed E-state index contributed by atoms with van der Waals surface area (Å²) in [7, 11) is 0. The lowest BCUT2D eigenvalue weighted by Crippen LogP contribution is -2.43. The summed E-state index contributed by atoms with van der Waals surface area (Å²) in [5.74, 6) is -2.18. The van der Waals surface area contributed by atoms with Crippen molar-refractivity contribution < 1.29 is 22.7 Å². The number of amides is 1. The highest BCUT2D eigenvalue weighted by Crippen LogP contribution is 2.56. The lowest BCUT2D eigenvalue weighted by Gasteiger charge is -2.33. The lowest BCUT2D eigenvalue weighted by atomic mass is 9.83. The molecule has 31 heavy (non-hydrogen) atoms. The average molecular weight is 429 g/mol. The van der Waals surface area contributed by atoms with Crippen LogP contribution >= 0.6 is 0 Å². The second-order valence-electron chi connectivity index (χ2n) is 7.68. The Morgan fingerprint density at radius 3 is 2.74 bits per heavy atom. The Bertz CT molecular complexity index is 1160. The van der Waals surface area contributed by atoms with Gasteiger partial charge < -0.3 is 15.8 Å². The molecule has 3 N–H and O–H groups in total. The van der Waals surface area contributed by atoms with Gasteiger partial charge in [0, 0.05) is 23.4 Å². The first kappa shape index (κ1) is 20.7.